The van der Waals surface area contributed by atoms with Crippen LogP contribution in [0.25, 0.3) is 11.3 Å². The maximum absolute atomic E-state index is 14.4. The lowest BCUT2D eigenvalue weighted by atomic mass is 9.88. The summed E-state index contributed by atoms with van der Waals surface area (Å²) in [6.07, 6.45) is 4.23. The van der Waals surface area contributed by atoms with E-state index in [9.17, 15) is 18.0 Å². The summed E-state index contributed by atoms with van der Waals surface area (Å²) in [6, 6.07) is 7.17. The van der Waals surface area contributed by atoms with Gasteiger partial charge in [0.05, 0.1) is 17.8 Å². The summed E-state index contributed by atoms with van der Waals surface area (Å²) in [5.74, 6) is -2.99. The minimum absolute atomic E-state index is 0.00227. The Kier molecular flexibility index (Phi) is 7.09. The lowest BCUT2D eigenvalue weighted by Crippen LogP contribution is -2.39. The topological polar surface area (TPSA) is 78.1 Å². The fraction of sp³-hybridized carbons (Fsp3) is 0.346. The molecule has 8 heteroatoms. The molecule has 0 amide bonds. The van der Waals surface area contributed by atoms with E-state index in [1.807, 2.05) is 0 Å². The highest BCUT2D eigenvalue weighted by Crippen LogP contribution is 2.35. The highest BCUT2D eigenvalue weighted by molar-refractivity contribution is 5.96. The van der Waals surface area contributed by atoms with Gasteiger partial charge in [-0.05, 0) is 60.2 Å². The summed E-state index contributed by atoms with van der Waals surface area (Å²) in [7, 11) is 0. The molecule has 0 aliphatic carbocycles. The van der Waals surface area contributed by atoms with Gasteiger partial charge in [-0.25, -0.2) is 18.2 Å². The molecule has 34 heavy (non-hydrogen) atoms. The Labute approximate surface area is 196 Å². The highest BCUT2D eigenvalue weighted by Gasteiger charge is 2.31. The van der Waals surface area contributed by atoms with Gasteiger partial charge in [0.1, 0.15) is 28.8 Å². The summed E-state index contributed by atoms with van der Waals surface area (Å²) >= 11 is 0. The molecule has 2 aromatic heterocycles. The lowest BCUT2D eigenvalue weighted by molar-refractivity contribution is -0.0793. The summed E-state index contributed by atoms with van der Waals surface area (Å²) in [5, 5.41) is 0. The molecule has 1 aliphatic heterocycles. The predicted octanol–water partition coefficient (Wildman–Crippen LogP) is 5.19. The number of nitrogens with two attached hydrogens (primary N) is 1. The number of Topliss-reactive ketones (excluding diaryl/α,β-unsaturated/α-hetero) is 1. The maximum Gasteiger partial charge on any atom is 0.185 e. The number of nitrogens with zero attached hydrogens (tertiary/aromatic N) is 2. The number of hydrogen-bond donors (Lipinski definition) is 1. The second-order valence-corrected chi connectivity index (χ2v) is 8.94. The number of carbonyl (C=O) groups is 1. The zero-order valence-electron chi connectivity index (χ0n) is 19.0. The summed E-state index contributed by atoms with van der Waals surface area (Å²) in [5.41, 5.74) is 6.46. The predicted molar refractivity (Wildman–Crippen MR) is 121 cm³/mol. The Bertz CT molecular complexity index is 1180. The van der Waals surface area contributed by atoms with Gasteiger partial charge in [-0.1, -0.05) is 19.9 Å². The highest BCUT2D eigenvalue weighted by atomic mass is 19.1. The number of carbonyl (C=O) groups excluding carboxylic acids is 1. The van der Waals surface area contributed by atoms with Crippen LogP contribution in [0.5, 0.6) is 0 Å². The van der Waals surface area contributed by atoms with E-state index in [4.69, 9.17) is 10.5 Å². The first-order valence-electron chi connectivity index (χ1n) is 11.2. The molecule has 1 aliphatic rings. The largest absolute Gasteiger partial charge is 0.370 e. The molecule has 0 unspecified atom stereocenters. The first kappa shape index (κ1) is 24.0. The first-order chi connectivity index (χ1) is 16.2. The van der Waals surface area contributed by atoms with Crippen LogP contribution in [0.1, 0.15) is 54.4 Å². The Morgan fingerprint density at radius 3 is 2.53 bits per heavy atom. The van der Waals surface area contributed by atoms with Gasteiger partial charge in [-0.15, -0.1) is 0 Å². The van der Waals surface area contributed by atoms with E-state index >= 15 is 0 Å². The van der Waals surface area contributed by atoms with Crippen molar-refractivity contribution in [1.29, 1.82) is 0 Å². The van der Waals surface area contributed by atoms with E-state index in [0.717, 1.165) is 30.2 Å². The first-order valence-corrected chi connectivity index (χ1v) is 11.2. The van der Waals surface area contributed by atoms with Gasteiger partial charge in [-0.2, -0.15) is 0 Å². The third kappa shape index (κ3) is 5.03. The number of ketones is 1. The maximum atomic E-state index is 14.4. The molecular formula is C26H26F3N3O2. The number of halogens is 3. The minimum Gasteiger partial charge on any atom is -0.370 e. The smallest absolute Gasteiger partial charge is 0.185 e. The average Bonchev–Trinajstić information content (AvgIpc) is 2.80. The van der Waals surface area contributed by atoms with Gasteiger partial charge < -0.3 is 10.5 Å². The quantitative estimate of drug-likeness (QED) is 0.503. The number of pyridine rings is 2. The third-order valence-corrected chi connectivity index (χ3v) is 6.10. The van der Waals surface area contributed by atoms with Crippen LogP contribution < -0.4 is 5.73 Å². The summed E-state index contributed by atoms with van der Waals surface area (Å²) in [6.45, 7) is 4.15. The van der Waals surface area contributed by atoms with Gasteiger partial charge in [-0.3, -0.25) is 9.78 Å². The second-order valence-electron chi connectivity index (χ2n) is 8.94. The molecule has 4 rings (SSSR count). The van der Waals surface area contributed by atoms with Crippen LogP contribution in [-0.4, -0.2) is 27.9 Å². The molecule has 2 N–H and O–H groups in total. The zero-order chi connectivity index (χ0) is 24.4. The van der Waals surface area contributed by atoms with Gasteiger partial charge in [0.15, 0.2) is 5.78 Å². The molecule has 1 fully saturated rings. The molecular weight excluding hydrogens is 443 g/mol. The number of ether oxygens (including phenoxy) is 1. The molecule has 1 saturated heterocycles. The van der Waals surface area contributed by atoms with Gasteiger partial charge in [0.25, 0.3) is 0 Å². The summed E-state index contributed by atoms with van der Waals surface area (Å²) < 4.78 is 49.1. The Morgan fingerprint density at radius 1 is 1.09 bits per heavy atom. The van der Waals surface area contributed by atoms with Crippen molar-refractivity contribution in [2.24, 2.45) is 11.7 Å². The third-order valence-electron chi connectivity index (χ3n) is 6.10. The van der Waals surface area contributed by atoms with Crippen LogP contribution in [0.2, 0.25) is 0 Å². The average molecular weight is 470 g/mol. The van der Waals surface area contributed by atoms with Crippen LogP contribution in [0, 0.1) is 23.4 Å². The van der Waals surface area contributed by atoms with Crippen LogP contribution in [-0.2, 0) is 11.2 Å². The second kappa shape index (κ2) is 10.0. The molecule has 0 bridgehead atoms. The minimum atomic E-state index is -0.962. The molecule has 3 aromatic rings. The summed E-state index contributed by atoms with van der Waals surface area (Å²) in [4.78, 5) is 21.2. The number of hydrogen-bond acceptors (Lipinski definition) is 5. The lowest BCUT2D eigenvalue weighted by Gasteiger charge is -2.36. The fourth-order valence-corrected chi connectivity index (χ4v) is 4.28. The zero-order valence-corrected chi connectivity index (χ0v) is 19.0. The molecule has 0 radical (unpaired) electrons. The van der Waals surface area contributed by atoms with Gasteiger partial charge in [0.2, 0.25) is 0 Å². The van der Waals surface area contributed by atoms with Crippen molar-refractivity contribution in [3.8, 4) is 11.3 Å². The van der Waals surface area contributed by atoms with E-state index in [1.54, 1.807) is 18.5 Å². The van der Waals surface area contributed by atoms with Crippen molar-refractivity contribution >= 4 is 5.78 Å². The van der Waals surface area contributed by atoms with Crippen LogP contribution >= 0.6 is 0 Å². The molecule has 1 aromatic carbocycles. The molecule has 0 saturated carbocycles. The van der Waals surface area contributed by atoms with E-state index in [2.05, 4.69) is 23.8 Å². The van der Waals surface area contributed by atoms with Crippen LogP contribution in [0.3, 0.4) is 0 Å². The Balaban J connectivity index is 1.63. The number of benzene rings is 1. The standard InChI is InChI=1S/C26H26F3N3O2/c1-14(2)23-11-16(30)12-24(34-23)17-8-9-31-13-15(17)10-22(33)21-7-6-20(29)26(32-21)25-18(27)4-3-5-19(25)28/h3-9,13-14,16,23-24H,10-12,30H2,1-2H3/t16-,23-,24+/m0/s1. The van der Waals surface area contributed by atoms with E-state index < -0.39 is 34.5 Å². The van der Waals surface area contributed by atoms with Gasteiger partial charge in [0, 0.05) is 24.9 Å². The van der Waals surface area contributed by atoms with E-state index in [-0.39, 0.29) is 30.4 Å². The molecule has 3 atom stereocenters. The normalized spacial score (nSPS) is 20.5. The van der Waals surface area contributed by atoms with Crippen molar-refractivity contribution in [2.45, 2.75) is 51.4 Å². The van der Waals surface area contributed by atoms with E-state index in [1.165, 1.54) is 12.1 Å². The molecule has 5 nitrogen and oxygen atoms in total. The Morgan fingerprint density at radius 2 is 1.82 bits per heavy atom. The van der Waals surface area contributed by atoms with Crippen LogP contribution in [0.15, 0.2) is 48.8 Å². The molecule has 0 spiro atoms. The molecule has 3 heterocycles. The van der Waals surface area contributed by atoms with Gasteiger partial charge >= 0.3 is 0 Å². The van der Waals surface area contributed by atoms with Crippen LogP contribution in [0.4, 0.5) is 13.2 Å². The fourth-order valence-electron chi connectivity index (χ4n) is 4.28. The SMILES string of the molecule is CC(C)[C@@H]1C[C@H](N)C[C@H](c2ccncc2CC(=O)c2ccc(F)c(-c3c(F)cccc3F)n2)O1. The van der Waals surface area contributed by atoms with Crippen molar-refractivity contribution < 1.29 is 22.7 Å². The van der Waals surface area contributed by atoms with E-state index in [0.29, 0.717) is 17.9 Å². The number of aromatic nitrogens is 2. The monoisotopic (exact) mass is 469 g/mol. The van der Waals surface area contributed by atoms with Crippen molar-refractivity contribution in [3.63, 3.8) is 0 Å². The van der Waals surface area contributed by atoms with Crippen molar-refractivity contribution in [1.82, 2.24) is 9.97 Å². The van der Waals surface area contributed by atoms with Crippen molar-refractivity contribution in [3.05, 3.63) is 83.1 Å². The molecule has 178 valence electrons. The Hall–Kier alpha value is -3.10. The van der Waals surface area contributed by atoms with Crippen molar-refractivity contribution in [2.75, 3.05) is 0 Å². The number of rotatable bonds is 6.